The van der Waals surface area contributed by atoms with Crippen LogP contribution in [-0.4, -0.2) is 22.1 Å². The number of nitrogens with two attached hydrogens (primary N) is 1. The summed E-state index contributed by atoms with van der Waals surface area (Å²) in [6.45, 7) is 0.480. The average Bonchev–Trinajstić information content (AvgIpc) is 3.24. The molecule has 8 heteroatoms. The van der Waals surface area contributed by atoms with Crippen LogP contribution in [0.3, 0.4) is 0 Å². The Balaban J connectivity index is 1.83. The molecule has 1 aliphatic rings. The van der Waals surface area contributed by atoms with Gasteiger partial charge in [-0.3, -0.25) is 4.79 Å². The summed E-state index contributed by atoms with van der Waals surface area (Å²) in [6, 6.07) is 4.28. The van der Waals surface area contributed by atoms with Gasteiger partial charge in [-0.15, -0.1) is 0 Å². The van der Waals surface area contributed by atoms with E-state index < -0.39 is 29.4 Å². The number of anilines is 1. The molecule has 1 fully saturated rings. The van der Waals surface area contributed by atoms with E-state index in [0.29, 0.717) is 19.4 Å². The van der Waals surface area contributed by atoms with Gasteiger partial charge >= 0.3 is 0 Å². The minimum Gasteiger partial charge on any atom is -0.365 e. The van der Waals surface area contributed by atoms with Crippen LogP contribution >= 0.6 is 0 Å². The lowest BCUT2D eigenvalue weighted by molar-refractivity contribution is 0.100. The first-order valence-electron chi connectivity index (χ1n) is 8.14. The van der Waals surface area contributed by atoms with Crippen LogP contribution in [0.1, 0.15) is 34.8 Å². The zero-order chi connectivity index (χ0) is 18.4. The van der Waals surface area contributed by atoms with E-state index in [-0.39, 0.29) is 22.3 Å². The number of nitrogens with zero attached hydrogens (tertiary/aromatic N) is 3. The molecule has 26 heavy (non-hydrogen) atoms. The number of hydrogen-bond donors (Lipinski definition) is 1. The molecule has 3 heterocycles. The van der Waals surface area contributed by atoms with Crippen LogP contribution in [0, 0.1) is 17.5 Å². The highest BCUT2D eigenvalue weighted by molar-refractivity contribution is 6.00. The summed E-state index contributed by atoms with van der Waals surface area (Å²) in [5.41, 5.74) is 5.62. The smallest absolute Gasteiger partial charge is 0.252 e. The largest absolute Gasteiger partial charge is 0.365 e. The summed E-state index contributed by atoms with van der Waals surface area (Å²) in [4.78, 5) is 13.2. The highest BCUT2D eigenvalue weighted by atomic mass is 19.1. The van der Waals surface area contributed by atoms with E-state index in [1.54, 1.807) is 4.90 Å². The predicted octanol–water partition coefficient (Wildman–Crippen LogP) is 3.19. The van der Waals surface area contributed by atoms with E-state index in [1.807, 2.05) is 0 Å². The van der Waals surface area contributed by atoms with E-state index >= 15 is 4.39 Å². The number of amides is 1. The minimum atomic E-state index is -0.787. The second-order valence-electron chi connectivity index (χ2n) is 6.25. The molecule has 1 saturated heterocycles. The van der Waals surface area contributed by atoms with E-state index in [4.69, 9.17) is 5.73 Å². The molecule has 134 valence electrons. The average molecular weight is 360 g/mol. The van der Waals surface area contributed by atoms with Crippen LogP contribution in [0.5, 0.6) is 0 Å². The third kappa shape index (κ3) is 2.49. The molecule has 1 aliphatic heterocycles. The Labute approximate surface area is 146 Å². The second kappa shape index (κ2) is 6.05. The number of carbonyl (C=O) groups excluding carboxylic acids is 1. The van der Waals surface area contributed by atoms with Crippen LogP contribution in [0.2, 0.25) is 0 Å². The number of rotatable bonds is 3. The topological polar surface area (TPSA) is 63.6 Å². The van der Waals surface area contributed by atoms with E-state index in [0.717, 1.165) is 18.2 Å². The number of pyridine rings is 1. The van der Waals surface area contributed by atoms with Crippen molar-refractivity contribution in [2.75, 3.05) is 11.4 Å². The number of benzene rings is 1. The van der Waals surface area contributed by atoms with Gasteiger partial charge in [-0.1, -0.05) is 0 Å². The number of halogens is 3. The minimum absolute atomic E-state index is 0.0274. The second-order valence-corrected chi connectivity index (χ2v) is 6.25. The normalized spacial score (nSPS) is 17.2. The molecule has 5 nitrogen and oxygen atoms in total. The van der Waals surface area contributed by atoms with Crippen molar-refractivity contribution in [3.63, 3.8) is 0 Å². The molecule has 0 aliphatic carbocycles. The fourth-order valence-corrected chi connectivity index (χ4v) is 3.58. The maximum atomic E-state index is 15.2. The van der Waals surface area contributed by atoms with Crippen molar-refractivity contribution in [1.82, 2.24) is 9.61 Å². The molecule has 0 radical (unpaired) electrons. The third-order valence-electron chi connectivity index (χ3n) is 4.75. The van der Waals surface area contributed by atoms with Gasteiger partial charge in [0.2, 0.25) is 0 Å². The van der Waals surface area contributed by atoms with Crippen LogP contribution in [0.25, 0.3) is 5.52 Å². The summed E-state index contributed by atoms with van der Waals surface area (Å²) in [5.74, 6) is -2.53. The monoisotopic (exact) mass is 360 g/mol. The van der Waals surface area contributed by atoms with Gasteiger partial charge in [0, 0.05) is 18.3 Å². The molecular weight excluding hydrogens is 345 g/mol. The Hall–Kier alpha value is -3.03. The Bertz CT molecular complexity index is 1020. The number of primary amides is 1. The highest BCUT2D eigenvalue weighted by Gasteiger charge is 2.31. The van der Waals surface area contributed by atoms with Gasteiger partial charge in [0.15, 0.2) is 5.82 Å². The molecule has 1 atom stereocenters. The Morgan fingerprint density at radius 2 is 2.04 bits per heavy atom. The zero-order valence-corrected chi connectivity index (χ0v) is 13.6. The SMILES string of the molecule is NC(=O)c1cnn2ccc(N3CCC[C@@H]3c3cc(F)ccc3F)c(F)c12. The summed E-state index contributed by atoms with van der Waals surface area (Å²) >= 11 is 0. The van der Waals surface area contributed by atoms with Crippen molar-refractivity contribution in [1.29, 1.82) is 0 Å². The number of hydrogen-bond acceptors (Lipinski definition) is 3. The van der Waals surface area contributed by atoms with Gasteiger partial charge in [0.05, 0.1) is 23.5 Å². The van der Waals surface area contributed by atoms with Crippen molar-refractivity contribution in [3.05, 3.63) is 65.2 Å². The summed E-state index contributed by atoms with van der Waals surface area (Å²) in [5, 5.41) is 3.92. The van der Waals surface area contributed by atoms with Crippen molar-refractivity contribution in [2.45, 2.75) is 18.9 Å². The van der Waals surface area contributed by atoms with Gasteiger partial charge in [-0.2, -0.15) is 5.10 Å². The van der Waals surface area contributed by atoms with Crippen LogP contribution in [-0.2, 0) is 0 Å². The van der Waals surface area contributed by atoms with E-state index in [2.05, 4.69) is 5.10 Å². The number of carbonyl (C=O) groups is 1. The lowest BCUT2D eigenvalue weighted by Crippen LogP contribution is -2.25. The fourth-order valence-electron chi connectivity index (χ4n) is 3.58. The van der Waals surface area contributed by atoms with Crippen molar-refractivity contribution in [2.24, 2.45) is 5.73 Å². The van der Waals surface area contributed by atoms with Gasteiger partial charge < -0.3 is 10.6 Å². The molecular formula is C18H15F3N4O. The van der Waals surface area contributed by atoms with Crippen LogP contribution < -0.4 is 10.6 Å². The Kier molecular flexibility index (Phi) is 3.82. The summed E-state index contributed by atoms with van der Waals surface area (Å²) < 4.78 is 44.2. The highest BCUT2D eigenvalue weighted by Crippen LogP contribution is 2.39. The maximum absolute atomic E-state index is 15.2. The number of aromatic nitrogens is 2. The summed E-state index contributed by atoms with van der Waals surface area (Å²) in [6.07, 6.45) is 3.98. The standard InChI is InChI=1S/C18H15F3N4O/c19-10-3-4-13(20)11(8-10)14-2-1-6-24(14)15-5-7-25-17(16(15)21)12(9-23-25)18(22)26/h3-5,7-9,14H,1-2,6H2,(H2,22,26)/t14-/m1/s1. The van der Waals surface area contributed by atoms with Gasteiger partial charge in [0.1, 0.15) is 17.2 Å². The lowest BCUT2D eigenvalue weighted by Gasteiger charge is -2.28. The molecule has 0 bridgehead atoms. The molecule has 1 aromatic carbocycles. The Morgan fingerprint density at radius 1 is 1.23 bits per heavy atom. The quantitative estimate of drug-likeness (QED) is 0.780. The van der Waals surface area contributed by atoms with Crippen LogP contribution in [0.15, 0.2) is 36.7 Å². The fraction of sp³-hybridized carbons (Fsp3) is 0.222. The van der Waals surface area contributed by atoms with Gasteiger partial charge in [-0.25, -0.2) is 17.7 Å². The van der Waals surface area contributed by atoms with Gasteiger partial charge in [0.25, 0.3) is 5.91 Å². The zero-order valence-electron chi connectivity index (χ0n) is 13.6. The molecule has 2 aromatic heterocycles. The van der Waals surface area contributed by atoms with Crippen molar-refractivity contribution < 1.29 is 18.0 Å². The molecule has 0 spiro atoms. The first-order chi connectivity index (χ1) is 12.5. The third-order valence-corrected chi connectivity index (χ3v) is 4.75. The first-order valence-corrected chi connectivity index (χ1v) is 8.14. The summed E-state index contributed by atoms with van der Waals surface area (Å²) in [7, 11) is 0. The van der Waals surface area contributed by atoms with Gasteiger partial charge in [-0.05, 0) is 37.1 Å². The Morgan fingerprint density at radius 3 is 2.81 bits per heavy atom. The number of fused-ring (bicyclic) bond motifs is 1. The molecule has 0 saturated carbocycles. The molecule has 1 amide bonds. The van der Waals surface area contributed by atoms with Crippen LogP contribution in [0.4, 0.5) is 18.9 Å². The van der Waals surface area contributed by atoms with Crippen molar-refractivity contribution in [3.8, 4) is 0 Å². The lowest BCUT2D eigenvalue weighted by atomic mass is 10.0. The first kappa shape index (κ1) is 16.4. The van der Waals surface area contributed by atoms with Crippen molar-refractivity contribution >= 4 is 17.1 Å². The maximum Gasteiger partial charge on any atom is 0.252 e. The predicted molar refractivity (Wildman–Crippen MR) is 89.3 cm³/mol. The molecule has 3 aromatic rings. The van der Waals surface area contributed by atoms with E-state index in [9.17, 15) is 13.6 Å². The molecule has 4 rings (SSSR count). The molecule has 2 N–H and O–H groups in total. The van der Waals surface area contributed by atoms with E-state index in [1.165, 1.54) is 23.0 Å². The molecule has 0 unspecified atom stereocenters.